The van der Waals surface area contributed by atoms with Crippen molar-refractivity contribution < 1.29 is 14.6 Å². The summed E-state index contributed by atoms with van der Waals surface area (Å²) >= 11 is 0. The summed E-state index contributed by atoms with van der Waals surface area (Å²) in [6.07, 6.45) is 4.79. The fraction of sp³-hybridized carbons (Fsp3) is 0.435. The van der Waals surface area contributed by atoms with Crippen LogP contribution < -0.4 is 15.4 Å². The molecular weight excluding hydrogens is 352 g/mol. The van der Waals surface area contributed by atoms with Crippen LogP contribution >= 0.6 is 0 Å². The van der Waals surface area contributed by atoms with E-state index in [1.54, 1.807) is 19.1 Å². The van der Waals surface area contributed by atoms with Crippen molar-refractivity contribution in [2.45, 2.75) is 52.1 Å². The number of anilines is 1. The fourth-order valence-electron chi connectivity index (χ4n) is 2.76. The maximum atomic E-state index is 12.0. The smallest absolute Gasteiger partial charge is 0.251 e. The van der Waals surface area contributed by atoms with Crippen molar-refractivity contribution >= 4 is 11.6 Å². The van der Waals surface area contributed by atoms with Gasteiger partial charge in [-0.25, -0.2) is 0 Å². The molecule has 0 aliphatic heterocycles. The van der Waals surface area contributed by atoms with Gasteiger partial charge in [0.15, 0.2) is 0 Å². The van der Waals surface area contributed by atoms with Crippen LogP contribution in [0.15, 0.2) is 48.5 Å². The number of benzene rings is 2. The van der Waals surface area contributed by atoms with Gasteiger partial charge in [0.1, 0.15) is 5.75 Å². The predicted octanol–water partition coefficient (Wildman–Crippen LogP) is 4.37. The summed E-state index contributed by atoms with van der Waals surface area (Å²) in [5.74, 6) is 0.720. The van der Waals surface area contributed by atoms with Crippen molar-refractivity contribution in [1.82, 2.24) is 5.32 Å². The van der Waals surface area contributed by atoms with Crippen molar-refractivity contribution in [2.75, 3.05) is 18.5 Å². The Bertz CT molecular complexity index is 716. The Hall–Kier alpha value is -2.53. The zero-order valence-corrected chi connectivity index (χ0v) is 16.9. The molecule has 0 spiro atoms. The van der Waals surface area contributed by atoms with Gasteiger partial charge in [-0.1, -0.05) is 38.3 Å². The minimum absolute atomic E-state index is 0.0765. The number of ether oxygens (including phenoxy) is 1. The van der Waals surface area contributed by atoms with Crippen LogP contribution in [0, 0.1) is 0 Å². The number of carbonyl (C=O) groups is 1. The van der Waals surface area contributed by atoms with E-state index in [1.807, 2.05) is 24.3 Å². The monoisotopic (exact) mass is 384 g/mol. The molecule has 5 nitrogen and oxygen atoms in total. The van der Waals surface area contributed by atoms with E-state index in [1.165, 1.54) is 19.3 Å². The molecule has 0 unspecified atom stereocenters. The summed E-state index contributed by atoms with van der Waals surface area (Å²) < 4.78 is 5.84. The number of aliphatic hydroxyl groups is 1. The van der Waals surface area contributed by atoms with Crippen LogP contribution in [0.5, 0.6) is 5.75 Å². The number of nitrogens with one attached hydrogen (secondary N) is 2. The predicted molar refractivity (Wildman–Crippen MR) is 114 cm³/mol. The van der Waals surface area contributed by atoms with E-state index in [9.17, 15) is 4.79 Å². The number of aliphatic hydroxyl groups excluding tert-OH is 1. The van der Waals surface area contributed by atoms with Gasteiger partial charge in [-0.05, 0) is 55.3 Å². The molecule has 152 valence electrons. The molecule has 0 saturated heterocycles. The van der Waals surface area contributed by atoms with Gasteiger partial charge in [-0.3, -0.25) is 4.79 Å². The first kappa shape index (κ1) is 21.8. The van der Waals surface area contributed by atoms with Gasteiger partial charge in [0.25, 0.3) is 5.91 Å². The molecule has 0 saturated carbocycles. The molecule has 0 radical (unpaired) electrons. The maximum Gasteiger partial charge on any atom is 0.251 e. The van der Waals surface area contributed by atoms with E-state index in [2.05, 4.69) is 29.7 Å². The molecule has 0 heterocycles. The Balaban J connectivity index is 1.81. The molecule has 2 aromatic carbocycles. The molecule has 3 N–H and O–H groups in total. The molecule has 0 aliphatic carbocycles. The fourth-order valence-corrected chi connectivity index (χ4v) is 2.76. The van der Waals surface area contributed by atoms with Crippen molar-refractivity contribution in [3.63, 3.8) is 0 Å². The molecule has 0 aliphatic rings. The summed E-state index contributed by atoms with van der Waals surface area (Å²) in [4.78, 5) is 12.0. The zero-order chi connectivity index (χ0) is 20.2. The van der Waals surface area contributed by atoms with Gasteiger partial charge in [-0.2, -0.15) is 0 Å². The summed E-state index contributed by atoms with van der Waals surface area (Å²) in [5, 5.41) is 15.1. The van der Waals surface area contributed by atoms with Crippen LogP contribution in [-0.2, 0) is 6.54 Å². The lowest BCUT2D eigenvalue weighted by Crippen LogP contribution is -2.34. The summed E-state index contributed by atoms with van der Waals surface area (Å²) in [6, 6.07) is 15.2. The standard InChI is InChI=1S/C23H32N2O3/c1-3-4-5-6-14-28-22-9-7-8-19(15-22)16-24-21-12-10-20(11-13-21)23(27)25-18(2)17-26/h7-13,15,18,24,26H,3-6,14,16-17H2,1-2H3,(H,25,27)/t18-/m0/s1. The Labute approximate surface area is 168 Å². The Kier molecular flexibility index (Phi) is 9.35. The van der Waals surface area contributed by atoms with Crippen LogP contribution in [0.4, 0.5) is 5.69 Å². The molecular formula is C23H32N2O3. The van der Waals surface area contributed by atoms with Crippen LogP contribution in [0.2, 0.25) is 0 Å². The summed E-state index contributed by atoms with van der Waals surface area (Å²) in [7, 11) is 0. The highest BCUT2D eigenvalue weighted by molar-refractivity contribution is 5.94. The molecule has 2 aromatic rings. The van der Waals surface area contributed by atoms with Crippen LogP contribution in [0.25, 0.3) is 0 Å². The Morgan fingerprint density at radius 2 is 1.89 bits per heavy atom. The second kappa shape index (κ2) is 12.0. The third-order valence-corrected chi connectivity index (χ3v) is 4.46. The van der Waals surface area contributed by atoms with E-state index in [-0.39, 0.29) is 18.6 Å². The van der Waals surface area contributed by atoms with Gasteiger partial charge < -0.3 is 20.5 Å². The van der Waals surface area contributed by atoms with Crippen molar-refractivity contribution in [1.29, 1.82) is 0 Å². The van der Waals surface area contributed by atoms with Crippen LogP contribution in [-0.4, -0.2) is 30.3 Å². The highest BCUT2D eigenvalue weighted by Gasteiger charge is 2.08. The van der Waals surface area contributed by atoms with Crippen molar-refractivity contribution in [3.8, 4) is 5.75 Å². The minimum atomic E-state index is -0.258. The molecule has 28 heavy (non-hydrogen) atoms. The van der Waals surface area contributed by atoms with E-state index in [0.29, 0.717) is 12.1 Å². The highest BCUT2D eigenvalue weighted by Crippen LogP contribution is 2.16. The second-order valence-electron chi connectivity index (χ2n) is 7.04. The van der Waals surface area contributed by atoms with Gasteiger partial charge in [0.2, 0.25) is 0 Å². The van der Waals surface area contributed by atoms with E-state index in [0.717, 1.165) is 30.0 Å². The molecule has 1 amide bonds. The van der Waals surface area contributed by atoms with Gasteiger partial charge in [-0.15, -0.1) is 0 Å². The third kappa shape index (κ3) is 7.61. The van der Waals surface area contributed by atoms with E-state index in [4.69, 9.17) is 9.84 Å². The first-order valence-electron chi connectivity index (χ1n) is 10.1. The highest BCUT2D eigenvalue weighted by atomic mass is 16.5. The largest absolute Gasteiger partial charge is 0.494 e. The molecule has 0 aromatic heterocycles. The number of carbonyl (C=O) groups excluding carboxylic acids is 1. The first-order chi connectivity index (χ1) is 13.6. The number of hydrogen-bond acceptors (Lipinski definition) is 4. The number of rotatable bonds is 12. The molecule has 2 rings (SSSR count). The lowest BCUT2D eigenvalue weighted by Gasteiger charge is -2.12. The number of amides is 1. The average Bonchev–Trinajstić information content (AvgIpc) is 2.72. The Morgan fingerprint density at radius 3 is 2.61 bits per heavy atom. The molecule has 0 fully saturated rings. The normalized spacial score (nSPS) is 11.7. The third-order valence-electron chi connectivity index (χ3n) is 4.46. The summed E-state index contributed by atoms with van der Waals surface area (Å²) in [5.41, 5.74) is 2.66. The molecule has 1 atom stereocenters. The van der Waals surface area contributed by atoms with Gasteiger partial charge in [0, 0.05) is 23.8 Å². The maximum absolute atomic E-state index is 12.0. The number of unbranched alkanes of at least 4 members (excludes halogenated alkanes) is 3. The molecule has 5 heteroatoms. The van der Waals surface area contributed by atoms with Gasteiger partial charge in [0.05, 0.1) is 13.2 Å². The van der Waals surface area contributed by atoms with Crippen molar-refractivity contribution in [3.05, 3.63) is 59.7 Å². The SMILES string of the molecule is CCCCCCOc1cccc(CNc2ccc(C(=O)N[C@@H](C)CO)cc2)c1. The van der Waals surface area contributed by atoms with Crippen LogP contribution in [0.3, 0.4) is 0 Å². The van der Waals surface area contributed by atoms with Crippen molar-refractivity contribution in [2.24, 2.45) is 0 Å². The Morgan fingerprint density at radius 1 is 1.11 bits per heavy atom. The molecule has 0 bridgehead atoms. The lowest BCUT2D eigenvalue weighted by molar-refractivity contribution is 0.0922. The van der Waals surface area contributed by atoms with E-state index < -0.39 is 0 Å². The second-order valence-corrected chi connectivity index (χ2v) is 7.04. The lowest BCUT2D eigenvalue weighted by atomic mass is 10.1. The topological polar surface area (TPSA) is 70.6 Å². The van der Waals surface area contributed by atoms with Gasteiger partial charge >= 0.3 is 0 Å². The zero-order valence-electron chi connectivity index (χ0n) is 16.9. The van der Waals surface area contributed by atoms with Crippen LogP contribution in [0.1, 0.15) is 55.5 Å². The quantitative estimate of drug-likeness (QED) is 0.475. The first-order valence-corrected chi connectivity index (χ1v) is 10.1. The van der Waals surface area contributed by atoms with E-state index >= 15 is 0 Å². The number of hydrogen-bond donors (Lipinski definition) is 3. The average molecular weight is 385 g/mol. The summed E-state index contributed by atoms with van der Waals surface area (Å²) in [6.45, 7) is 5.33. The minimum Gasteiger partial charge on any atom is -0.494 e.